The fourth-order valence-electron chi connectivity index (χ4n) is 2.14. The van der Waals surface area contributed by atoms with Gasteiger partial charge in [-0.05, 0) is 43.1 Å². The maximum absolute atomic E-state index is 6.14. The van der Waals surface area contributed by atoms with E-state index in [2.05, 4.69) is 36.3 Å². The Balaban J connectivity index is 2.23. The van der Waals surface area contributed by atoms with Gasteiger partial charge in [0.2, 0.25) is 0 Å². The van der Waals surface area contributed by atoms with Crippen LogP contribution in [0.1, 0.15) is 35.4 Å². The van der Waals surface area contributed by atoms with Crippen molar-refractivity contribution in [1.29, 1.82) is 0 Å². The fraction of sp³-hybridized carbons (Fsp3) is 0.400. The number of aryl methyl sites for hydroxylation is 1. The Bertz CT molecular complexity index is 511. The lowest BCUT2D eigenvalue weighted by atomic mass is 9.98. The summed E-state index contributed by atoms with van der Waals surface area (Å²) in [6, 6.07) is 6.42. The van der Waals surface area contributed by atoms with Crippen LogP contribution in [0.3, 0.4) is 0 Å². The van der Waals surface area contributed by atoms with Crippen LogP contribution < -0.4 is 5.32 Å². The van der Waals surface area contributed by atoms with Crippen LogP contribution >= 0.6 is 22.9 Å². The van der Waals surface area contributed by atoms with Gasteiger partial charge in [0.1, 0.15) is 0 Å². The molecular formula is C15H19ClN2S. The summed E-state index contributed by atoms with van der Waals surface area (Å²) in [5.74, 6) is 0. The predicted octanol–water partition coefficient (Wildman–Crippen LogP) is 4.39. The topological polar surface area (TPSA) is 24.9 Å². The Kier molecular flexibility index (Phi) is 5.37. The number of aromatic nitrogens is 1. The summed E-state index contributed by atoms with van der Waals surface area (Å²) in [5, 5.41) is 4.41. The van der Waals surface area contributed by atoms with Crippen molar-refractivity contribution < 1.29 is 0 Å². The van der Waals surface area contributed by atoms with E-state index in [4.69, 9.17) is 11.6 Å². The molecule has 1 aromatic heterocycles. The zero-order valence-electron chi connectivity index (χ0n) is 11.3. The monoisotopic (exact) mass is 294 g/mol. The van der Waals surface area contributed by atoms with Crippen molar-refractivity contribution in [2.45, 2.75) is 32.7 Å². The smallest absolute Gasteiger partial charge is 0.0794 e. The van der Waals surface area contributed by atoms with Gasteiger partial charge in [-0.2, -0.15) is 0 Å². The predicted molar refractivity (Wildman–Crippen MR) is 83.0 cm³/mol. The van der Waals surface area contributed by atoms with E-state index in [0.29, 0.717) is 6.04 Å². The molecule has 0 aliphatic rings. The molecule has 0 spiro atoms. The van der Waals surface area contributed by atoms with Crippen molar-refractivity contribution in [2.75, 3.05) is 6.54 Å². The van der Waals surface area contributed by atoms with Crippen LogP contribution in [0.15, 0.2) is 29.9 Å². The summed E-state index contributed by atoms with van der Waals surface area (Å²) in [7, 11) is 0. The van der Waals surface area contributed by atoms with Gasteiger partial charge in [0.15, 0.2) is 0 Å². The van der Waals surface area contributed by atoms with Crippen molar-refractivity contribution in [3.8, 4) is 0 Å². The van der Waals surface area contributed by atoms with E-state index in [9.17, 15) is 0 Å². The number of rotatable bonds is 6. The number of thiazole rings is 1. The molecule has 0 saturated carbocycles. The first-order valence-electron chi connectivity index (χ1n) is 6.57. The van der Waals surface area contributed by atoms with E-state index in [1.165, 1.54) is 16.0 Å². The lowest BCUT2D eigenvalue weighted by Crippen LogP contribution is -2.24. The lowest BCUT2D eigenvalue weighted by Gasteiger charge is -2.20. The van der Waals surface area contributed by atoms with Gasteiger partial charge in [-0.3, -0.25) is 4.98 Å². The molecule has 0 aliphatic heterocycles. The first kappa shape index (κ1) is 14.5. The highest BCUT2D eigenvalue weighted by atomic mass is 35.5. The summed E-state index contributed by atoms with van der Waals surface area (Å²) >= 11 is 7.84. The summed E-state index contributed by atoms with van der Waals surface area (Å²) < 4.78 is 0. The third-order valence-corrected chi connectivity index (χ3v) is 4.18. The Morgan fingerprint density at radius 2 is 2.26 bits per heavy atom. The van der Waals surface area contributed by atoms with Gasteiger partial charge >= 0.3 is 0 Å². The molecule has 0 radical (unpaired) electrons. The molecule has 0 bridgehead atoms. The molecule has 4 heteroatoms. The Morgan fingerprint density at radius 3 is 2.95 bits per heavy atom. The van der Waals surface area contributed by atoms with Crippen molar-refractivity contribution in [3.05, 3.63) is 50.9 Å². The maximum atomic E-state index is 6.14. The Labute approximate surface area is 123 Å². The average molecular weight is 295 g/mol. The van der Waals surface area contributed by atoms with E-state index >= 15 is 0 Å². The SMILES string of the molecule is CCCNC(Cc1cncs1)c1cc(Cl)ccc1C. The summed E-state index contributed by atoms with van der Waals surface area (Å²) in [5.41, 5.74) is 4.45. The molecule has 0 fully saturated rings. The van der Waals surface area contributed by atoms with Crippen molar-refractivity contribution in [1.82, 2.24) is 10.3 Å². The molecular weight excluding hydrogens is 276 g/mol. The molecule has 0 aliphatic carbocycles. The fourth-order valence-corrected chi connectivity index (χ4v) is 2.96. The van der Waals surface area contributed by atoms with Crippen molar-refractivity contribution in [3.63, 3.8) is 0 Å². The molecule has 0 saturated heterocycles. The largest absolute Gasteiger partial charge is 0.310 e. The van der Waals surface area contributed by atoms with Crippen LogP contribution in [0.4, 0.5) is 0 Å². The molecule has 2 aromatic rings. The van der Waals surface area contributed by atoms with Crippen molar-refractivity contribution >= 4 is 22.9 Å². The van der Waals surface area contributed by atoms with Gasteiger partial charge in [0, 0.05) is 28.6 Å². The van der Waals surface area contributed by atoms with Gasteiger partial charge in [-0.25, -0.2) is 0 Å². The van der Waals surface area contributed by atoms with Gasteiger partial charge in [0.05, 0.1) is 5.51 Å². The third kappa shape index (κ3) is 4.03. The maximum Gasteiger partial charge on any atom is 0.0794 e. The van der Waals surface area contributed by atoms with E-state index < -0.39 is 0 Å². The molecule has 1 N–H and O–H groups in total. The number of hydrogen-bond donors (Lipinski definition) is 1. The number of nitrogens with zero attached hydrogens (tertiary/aromatic N) is 1. The van der Waals surface area contributed by atoms with Crippen LogP contribution in [0.5, 0.6) is 0 Å². The summed E-state index contributed by atoms with van der Waals surface area (Å²) in [4.78, 5) is 5.45. The highest BCUT2D eigenvalue weighted by Crippen LogP contribution is 2.26. The van der Waals surface area contributed by atoms with Gasteiger partial charge < -0.3 is 5.32 Å². The molecule has 1 unspecified atom stereocenters. The van der Waals surface area contributed by atoms with Crippen LogP contribution in [-0.2, 0) is 6.42 Å². The van der Waals surface area contributed by atoms with Gasteiger partial charge in [-0.1, -0.05) is 24.6 Å². The van der Waals surface area contributed by atoms with E-state index in [-0.39, 0.29) is 0 Å². The molecule has 1 aromatic carbocycles. The minimum Gasteiger partial charge on any atom is -0.310 e. The van der Waals surface area contributed by atoms with Gasteiger partial charge in [-0.15, -0.1) is 11.3 Å². The minimum absolute atomic E-state index is 0.305. The zero-order chi connectivity index (χ0) is 13.7. The van der Waals surface area contributed by atoms with E-state index in [1.54, 1.807) is 11.3 Å². The van der Waals surface area contributed by atoms with Crippen LogP contribution in [0, 0.1) is 6.92 Å². The Hall–Kier alpha value is -0.900. The highest BCUT2D eigenvalue weighted by Gasteiger charge is 2.15. The lowest BCUT2D eigenvalue weighted by molar-refractivity contribution is 0.530. The molecule has 0 amide bonds. The van der Waals surface area contributed by atoms with Crippen LogP contribution in [-0.4, -0.2) is 11.5 Å². The van der Waals surface area contributed by atoms with Crippen LogP contribution in [0.25, 0.3) is 0 Å². The summed E-state index contributed by atoms with van der Waals surface area (Å²) in [6.07, 6.45) is 4.04. The molecule has 102 valence electrons. The molecule has 19 heavy (non-hydrogen) atoms. The Morgan fingerprint density at radius 1 is 1.42 bits per heavy atom. The minimum atomic E-state index is 0.305. The third-order valence-electron chi connectivity index (χ3n) is 3.15. The average Bonchev–Trinajstić information content (AvgIpc) is 2.90. The molecule has 1 atom stereocenters. The molecule has 1 heterocycles. The first-order valence-corrected chi connectivity index (χ1v) is 7.83. The van der Waals surface area contributed by atoms with E-state index in [1.807, 2.05) is 17.8 Å². The second-order valence-electron chi connectivity index (χ2n) is 4.68. The summed E-state index contributed by atoms with van der Waals surface area (Å²) in [6.45, 7) is 5.33. The van der Waals surface area contributed by atoms with Gasteiger partial charge in [0.25, 0.3) is 0 Å². The van der Waals surface area contributed by atoms with E-state index in [0.717, 1.165) is 24.4 Å². The zero-order valence-corrected chi connectivity index (χ0v) is 12.9. The first-order chi connectivity index (χ1) is 9.20. The number of halogens is 1. The number of hydrogen-bond acceptors (Lipinski definition) is 3. The quantitative estimate of drug-likeness (QED) is 0.855. The molecule has 2 nitrogen and oxygen atoms in total. The second-order valence-corrected chi connectivity index (χ2v) is 6.09. The number of benzene rings is 1. The second kappa shape index (κ2) is 7.04. The molecule has 2 rings (SSSR count). The normalized spacial score (nSPS) is 12.6. The standard InChI is InChI=1S/C15H19ClN2S/c1-3-6-18-15(8-13-9-17-10-19-13)14-7-12(16)5-4-11(14)2/h4-5,7,9-10,15,18H,3,6,8H2,1-2H3. The number of nitrogens with one attached hydrogen (secondary N) is 1. The van der Waals surface area contributed by atoms with Crippen molar-refractivity contribution in [2.24, 2.45) is 0 Å². The highest BCUT2D eigenvalue weighted by molar-refractivity contribution is 7.09. The van der Waals surface area contributed by atoms with Crippen LogP contribution in [0.2, 0.25) is 5.02 Å².